The fraction of sp³-hybridized carbons (Fsp3) is 0.455. The van der Waals surface area contributed by atoms with Crippen LogP contribution in [0.4, 0.5) is 0 Å². The van der Waals surface area contributed by atoms with Crippen molar-refractivity contribution in [2.75, 3.05) is 33.3 Å². The summed E-state index contributed by atoms with van der Waals surface area (Å²) in [7, 11) is 2.29. The maximum Gasteiger partial charge on any atom is 0.108 e. The largest absolute Gasteiger partial charge is 0.367 e. The first-order valence-corrected chi connectivity index (χ1v) is 9.47. The zero-order valence-electron chi connectivity index (χ0n) is 15.5. The molecule has 2 aromatic rings. The van der Waals surface area contributed by atoms with E-state index in [-0.39, 0.29) is 23.1 Å². The number of hydrogen-bond donors (Lipinski definition) is 0. The van der Waals surface area contributed by atoms with Gasteiger partial charge in [0.1, 0.15) is 6.10 Å². The Kier molecular flexibility index (Phi) is 6.87. The van der Waals surface area contributed by atoms with Crippen molar-refractivity contribution in [1.29, 1.82) is 0 Å². The van der Waals surface area contributed by atoms with Crippen molar-refractivity contribution in [2.45, 2.75) is 31.0 Å². The third-order valence-electron chi connectivity index (χ3n) is 5.82. The molecule has 140 valence electrons. The van der Waals surface area contributed by atoms with Gasteiger partial charge in [0.05, 0.1) is 6.61 Å². The second kappa shape index (κ2) is 9.14. The average Bonchev–Trinajstić information content (AvgIpc) is 2.87. The van der Waals surface area contributed by atoms with Gasteiger partial charge in [-0.05, 0) is 31.0 Å². The molecule has 2 aliphatic rings. The van der Waals surface area contributed by atoms with Gasteiger partial charge in [-0.2, -0.15) is 0 Å². The second-order valence-corrected chi connectivity index (χ2v) is 7.38. The van der Waals surface area contributed by atoms with Crippen molar-refractivity contribution in [2.24, 2.45) is 0 Å². The predicted molar refractivity (Wildman–Crippen MR) is 112 cm³/mol. The molecule has 2 heterocycles. The van der Waals surface area contributed by atoms with Crippen LogP contribution in [0.3, 0.4) is 0 Å². The van der Waals surface area contributed by atoms with Gasteiger partial charge in [-0.15, -0.1) is 17.0 Å². The molecule has 4 rings (SSSR count). The van der Waals surface area contributed by atoms with E-state index in [1.54, 1.807) is 0 Å². The number of nitrogens with zero attached hydrogens (tertiary/aromatic N) is 2. The van der Waals surface area contributed by atoms with Crippen LogP contribution < -0.4 is 0 Å². The van der Waals surface area contributed by atoms with Gasteiger partial charge >= 0.3 is 0 Å². The van der Waals surface area contributed by atoms with Crippen molar-refractivity contribution in [3.05, 3.63) is 71.8 Å². The summed E-state index contributed by atoms with van der Waals surface area (Å²) in [6.07, 6.45) is 2.73. The fourth-order valence-electron chi connectivity index (χ4n) is 4.32. The molecule has 2 fully saturated rings. The van der Waals surface area contributed by atoms with Crippen LogP contribution in [-0.2, 0) is 4.74 Å². The summed E-state index contributed by atoms with van der Waals surface area (Å²) in [5.41, 5.74) is 2.46. The Morgan fingerprint density at radius 2 is 1.38 bits per heavy atom. The van der Waals surface area contributed by atoms with E-state index in [2.05, 4.69) is 77.5 Å². The van der Waals surface area contributed by atoms with Crippen LogP contribution in [-0.4, -0.2) is 55.2 Å². The predicted octanol–water partition coefficient (Wildman–Crippen LogP) is 4.15. The highest BCUT2D eigenvalue weighted by Crippen LogP contribution is 2.29. The Morgan fingerprint density at radius 1 is 0.885 bits per heavy atom. The highest BCUT2D eigenvalue weighted by molar-refractivity contribution is 8.93. The van der Waals surface area contributed by atoms with Gasteiger partial charge in [-0.25, -0.2) is 0 Å². The summed E-state index contributed by atoms with van der Waals surface area (Å²) < 4.78 is 6.38. The molecule has 2 atom stereocenters. The Morgan fingerprint density at radius 3 is 1.88 bits per heavy atom. The maximum atomic E-state index is 6.38. The number of rotatable bonds is 6. The Hall–Kier alpha value is -1.20. The summed E-state index contributed by atoms with van der Waals surface area (Å²) in [5, 5.41) is 0. The van der Waals surface area contributed by atoms with Gasteiger partial charge in [0.15, 0.2) is 0 Å². The number of likely N-dealkylation sites (tertiary alicyclic amines) is 1. The first kappa shape index (κ1) is 19.6. The van der Waals surface area contributed by atoms with Gasteiger partial charge in [-0.1, -0.05) is 60.7 Å². The van der Waals surface area contributed by atoms with Gasteiger partial charge in [0, 0.05) is 31.7 Å². The minimum absolute atomic E-state index is 0. The van der Waals surface area contributed by atoms with E-state index >= 15 is 0 Å². The summed E-state index contributed by atoms with van der Waals surface area (Å²) in [6, 6.07) is 22.6. The number of ether oxygens (including phenoxy) is 1. The molecule has 3 nitrogen and oxygen atoms in total. The van der Waals surface area contributed by atoms with Crippen LogP contribution in [0.5, 0.6) is 0 Å². The van der Waals surface area contributed by atoms with Crippen molar-refractivity contribution in [1.82, 2.24) is 9.80 Å². The number of fused-ring (bicyclic) bond motifs is 2. The van der Waals surface area contributed by atoms with Crippen molar-refractivity contribution in [3.63, 3.8) is 0 Å². The zero-order chi connectivity index (χ0) is 17.1. The highest BCUT2D eigenvalue weighted by Gasteiger charge is 2.37. The van der Waals surface area contributed by atoms with Crippen molar-refractivity contribution in [3.8, 4) is 0 Å². The van der Waals surface area contributed by atoms with Crippen LogP contribution in [0.15, 0.2) is 60.7 Å². The fourth-order valence-corrected chi connectivity index (χ4v) is 4.32. The Balaban J connectivity index is 0.00000196. The molecule has 2 saturated heterocycles. The van der Waals surface area contributed by atoms with Crippen LogP contribution in [0.2, 0.25) is 0 Å². The SMILES string of the molecule is Br.CN1C2CCC1CN(CCOC(c1ccccc1)c1ccccc1)C2. The summed E-state index contributed by atoms with van der Waals surface area (Å²) >= 11 is 0. The summed E-state index contributed by atoms with van der Waals surface area (Å²) in [4.78, 5) is 5.17. The lowest BCUT2D eigenvalue weighted by atomic mass is 10.0. The molecular formula is C22H29BrN2O. The van der Waals surface area contributed by atoms with E-state index in [1.165, 1.54) is 37.1 Å². The minimum atomic E-state index is 0. The van der Waals surface area contributed by atoms with E-state index in [0.717, 1.165) is 25.2 Å². The number of hydrogen-bond acceptors (Lipinski definition) is 3. The van der Waals surface area contributed by atoms with Gasteiger partial charge < -0.3 is 4.74 Å². The molecule has 0 saturated carbocycles. The molecule has 2 unspecified atom stereocenters. The van der Waals surface area contributed by atoms with Crippen molar-refractivity contribution >= 4 is 17.0 Å². The van der Waals surface area contributed by atoms with E-state index < -0.39 is 0 Å². The number of halogens is 1. The van der Waals surface area contributed by atoms with Crippen LogP contribution in [0.25, 0.3) is 0 Å². The normalized spacial score (nSPS) is 23.2. The van der Waals surface area contributed by atoms with E-state index in [1.807, 2.05) is 0 Å². The quantitative estimate of drug-likeness (QED) is 0.703. The van der Waals surface area contributed by atoms with Gasteiger partial charge in [0.2, 0.25) is 0 Å². The third-order valence-corrected chi connectivity index (χ3v) is 5.82. The monoisotopic (exact) mass is 416 g/mol. The number of benzene rings is 2. The summed E-state index contributed by atoms with van der Waals surface area (Å²) in [5.74, 6) is 0. The molecule has 4 heteroatoms. The molecule has 0 spiro atoms. The number of piperazine rings is 1. The molecule has 0 aliphatic carbocycles. The third kappa shape index (κ3) is 4.37. The Labute approximate surface area is 167 Å². The second-order valence-electron chi connectivity index (χ2n) is 7.38. The van der Waals surface area contributed by atoms with Gasteiger partial charge in [-0.3, -0.25) is 9.80 Å². The van der Waals surface area contributed by atoms with E-state index in [4.69, 9.17) is 4.74 Å². The van der Waals surface area contributed by atoms with E-state index in [9.17, 15) is 0 Å². The first-order chi connectivity index (χ1) is 12.3. The lowest BCUT2D eigenvalue weighted by molar-refractivity contribution is 0.0317. The average molecular weight is 417 g/mol. The zero-order valence-corrected chi connectivity index (χ0v) is 17.2. The molecule has 2 aliphatic heterocycles. The molecule has 26 heavy (non-hydrogen) atoms. The standard InChI is InChI=1S/C22H28N2O.BrH/c1-23-20-12-13-21(23)17-24(16-20)14-15-25-22(18-8-4-2-5-9-18)19-10-6-3-7-11-19;/h2-11,20-22H,12-17H2,1H3;1H. The molecule has 2 aromatic carbocycles. The van der Waals surface area contributed by atoms with Crippen LogP contribution in [0, 0.1) is 0 Å². The van der Waals surface area contributed by atoms with Crippen LogP contribution >= 0.6 is 17.0 Å². The Bertz CT molecular complexity index is 613. The number of likely N-dealkylation sites (N-methyl/N-ethyl adjacent to an activating group) is 1. The molecule has 2 bridgehead atoms. The van der Waals surface area contributed by atoms with Gasteiger partial charge in [0.25, 0.3) is 0 Å². The topological polar surface area (TPSA) is 15.7 Å². The maximum absolute atomic E-state index is 6.38. The lowest BCUT2D eigenvalue weighted by Gasteiger charge is -2.39. The highest BCUT2D eigenvalue weighted by atomic mass is 79.9. The molecule has 0 radical (unpaired) electrons. The molecule has 0 aromatic heterocycles. The van der Waals surface area contributed by atoms with Crippen molar-refractivity contribution < 1.29 is 4.74 Å². The minimum Gasteiger partial charge on any atom is -0.367 e. The van der Waals surface area contributed by atoms with Crippen LogP contribution in [0.1, 0.15) is 30.1 Å². The first-order valence-electron chi connectivity index (χ1n) is 9.47. The molecular weight excluding hydrogens is 388 g/mol. The molecule has 0 N–H and O–H groups in total. The summed E-state index contributed by atoms with van der Waals surface area (Å²) in [6.45, 7) is 4.18. The lowest BCUT2D eigenvalue weighted by Crippen LogP contribution is -2.52. The molecule has 0 amide bonds. The smallest absolute Gasteiger partial charge is 0.108 e. The van der Waals surface area contributed by atoms with E-state index in [0.29, 0.717) is 0 Å².